The number of carbonyl (C=O) groups excluding carboxylic acids is 1. The second-order valence-electron chi connectivity index (χ2n) is 8.28. The molecule has 3 N–H and O–H groups in total. The van der Waals surface area contributed by atoms with Crippen LogP contribution in [0.3, 0.4) is 0 Å². The second-order valence-corrected chi connectivity index (χ2v) is 8.28. The van der Waals surface area contributed by atoms with Crippen LogP contribution < -0.4 is 11.1 Å². The quantitative estimate of drug-likeness (QED) is 0.830. The molecule has 0 aromatic heterocycles. The van der Waals surface area contributed by atoms with Gasteiger partial charge in [-0.05, 0) is 74.5 Å². The Morgan fingerprint density at radius 3 is 1.90 bits per heavy atom. The average Bonchev–Trinajstić information content (AvgIpc) is 2.35. The molecule has 20 heavy (non-hydrogen) atoms. The summed E-state index contributed by atoms with van der Waals surface area (Å²) >= 11 is 0. The number of hydrogen-bond acceptors (Lipinski definition) is 2. The highest BCUT2D eigenvalue weighted by molar-refractivity contribution is 5.82. The summed E-state index contributed by atoms with van der Waals surface area (Å²) in [7, 11) is 0. The zero-order valence-electron chi connectivity index (χ0n) is 13.2. The molecule has 4 fully saturated rings. The maximum absolute atomic E-state index is 12.3. The Kier molecular flexibility index (Phi) is 3.60. The number of nitrogens with two attached hydrogens (primary N) is 1. The highest BCUT2D eigenvalue weighted by Crippen LogP contribution is 2.61. The minimum absolute atomic E-state index is 0.0447. The van der Waals surface area contributed by atoms with Crippen LogP contribution >= 0.6 is 0 Å². The summed E-state index contributed by atoms with van der Waals surface area (Å²) in [5.74, 6) is 3.04. The maximum atomic E-state index is 12.3. The first-order valence-corrected chi connectivity index (χ1v) is 8.45. The summed E-state index contributed by atoms with van der Waals surface area (Å²) in [4.78, 5) is 12.3. The van der Waals surface area contributed by atoms with E-state index in [2.05, 4.69) is 12.2 Å². The van der Waals surface area contributed by atoms with E-state index in [0.29, 0.717) is 5.41 Å². The van der Waals surface area contributed by atoms with Gasteiger partial charge in [-0.3, -0.25) is 4.79 Å². The van der Waals surface area contributed by atoms with Crippen LogP contribution in [-0.2, 0) is 4.79 Å². The smallest absolute Gasteiger partial charge is 0.237 e. The van der Waals surface area contributed by atoms with E-state index in [0.717, 1.165) is 17.8 Å². The van der Waals surface area contributed by atoms with E-state index in [9.17, 15) is 4.79 Å². The molecule has 0 saturated heterocycles. The molecular formula is C17H30N2O. The Labute approximate surface area is 123 Å². The van der Waals surface area contributed by atoms with Crippen molar-refractivity contribution in [2.45, 2.75) is 71.4 Å². The maximum Gasteiger partial charge on any atom is 0.237 e. The average molecular weight is 278 g/mol. The summed E-state index contributed by atoms with van der Waals surface area (Å²) < 4.78 is 0. The minimum atomic E-state index is -0.369. The Bertz CT molecular complexity index is 355. The van der Waals surface area contributed by atoms with Crippen molar-refractivity contribution in [2.75, 3.05) is 0 Å². The standard InChI is InChI=1S/C17H30N2O/c1-10(2)15(18)16(20)19-11(3)17-7-12-4-13(8-17)6-14(5-12)9-17/h10-15H,4-9,18H2,1-3H3,(H,19,20). The van der Waals surface area contributed by atoms with Gasteiger partial charge in [0.15, 0.2) is 0 Å². The summed E-state index contributed by atoms with van der Waals surface area (Å²) in [6, 6.07) is -0.0837. The Morgan fingerprint density at radius 1 is 1.05 bits per heavy atom. The second kappa shape index (κ2) is 5.01. The number of carbonyl (C=O) groups is 1. The summed E-state index contributed by atoms with van der Waals surface area (Å²) in [5, 5.41) is 3.25. The van der Waals surface area contributed by atoms with Gasteiger partial charge in [0.1, 0.15) is 0 Å². The monoisotopic (exact) mass is 278 g/mol. The van der Waals surface area contributed by atoms with Gasteiger partial charge in [0.25, 0.3) is 0 Å². The highest BCUT2D eigenvalue weighted by Gasteiger charge is 2.53. The molecule has 0 aromatic carbocycles. The van der Waals surface area contributed by atoms with Crippen molar-refractivity contribution >= 4 is 5.91 Å². The van der Waals surface area contributed by atoms with Crippen molar-refractivity contribution in [3.8, 4) is 0 Å². The normalized spacial score (nSPS) is 41.8. The van der Waals surface area contributed by atoms with Gasteiger partial charge < -0.3 is 11.1 Å². The molecule has 2 atom stereocenters. The number of rotatable bonds is 4. The van der Waals surface area contributed by atoms with Gasteiger partial charge in [-0.15, -0.1) is 0 Å². The lowest BCUT2D eigenvalue weighted by atomic mass is 9.48. The summed E-state index contributed by atoms with van der Waals surface area (Å²) in [6.07, 6.45) is 8.34. The van der Waals surface area contributed by atoms with E-state index in [-0.39, 0.29) is 23.9 Å². The molecule has 4 rings (SSSR count). The van der Waals surface area contributed by atoms with E-state index in [1.54, 1.807) is 0 Å². The lowest BCUT2D eigenvalue weighted by Gasteiger charge is -2.59. The van der Waals surface area contributed by atoms with Gasteiger partial charge in [-0.2, -0.15) is 0 Å². The van der Waals surface area contributed by atoms with Crippen LogP contribution in [0.5, 0.6) is 0 Å². The molecule has 0 radical (unpaired) electrons. The van der Waals surface area contributed by atoms with Crippen molar-refractivity contribution in [3.05, 3.63) is 0 Å². The fourth-order valence-corrected chi connectivity index (χ4v) is 5.47. The van der Waals surface area contributed by atoms with E-state index < -0.39 is 0 Å². The van der Waals surface area contributed by atoms with E-state index in [1.807, 2.05) is 13.8 Å². The Balaban J connectivity index is 1.68. The van der Waals surface area contributed by atoms with Crippen LogP contribution in [0, 0.1) is 29.1 Å². The first-order chi connectivity index (χ1) is 9.39. The van der Waals surface area contributed by atoms with Crippen LogP contribution in [0.25, 0.3) is 0 Å². The molecule has 0 aromatic rings. The molecule has 3 heteroatoms. The van der Waals surface area contributed by atoms with Gasteiger partial charge in [-0.25, -0.2) is 0 Å². The van der Waals surface area contributed by atoms with Gasteiger partial charge in [0.2, 0.25) is 5.91 Å². The molecule has 4 bridgehead atoms. The molecular weight excluding hydrogens is 248 g/mol. The third-order valence-corrected chi connectivity index (χ3v) is 6.38. The van der Waals surface area contributed by atoms with Crippen LogP contribution in [0.4, 0.5) is 0 Å². The topological polar surface area (TPSA) is 55.1 Å². The first-order valence-electron chi connectivity index (χ1n) is 8.45. The molecule has 0 heterocycles. The SMILES string of the molecule is CC(C)C(N)C(=O)NC(C)C12CC3CC(CC(C3)C1)C2. The summed E-state index contributed by atoms with van der Waals surface area (Å²) in [6.45, 7) is 6.25. The zero-order valence-corrected chi connectivity index (χ0v) is 13.2. The Morgan fingerprint density at radius 2 is 1.50 bits per heavy atom. The minimum Gasteiger partial charge on any atom is -0.352 e. The molecule has 3 nitrogen and oxygen atoms in total. The van der Waals surface area contributed by atoms with Gasteiger partial charge in [0, 0.05) is 6.04 Å². The van der Waals surface area contributed by atoms with Crippen LogP contribution in [0.2, 0.25) is 0 Å². The predicted molar refractivity (Wildman–Crippen MR) is 81.0 cm³/mol. The molecule has 4 aliphatic carbocycles. The number of amides is 1. The fraction of sp³-hybridized carbons (Fsp3) is 0.941. The van der Waals surface area contributed by atoms with Gasteiger partial charge in [-0.1, -0.05) is 13.8 Å². The van der Waals surface area contributed by atoms with Crippen LogP contribution in [-0.4, -0.2) is 18.0 Å². The molecule has 1 amide bonds. The summed E-state index contributed by atoms with van der Waals surface area (Å²) in [5.41, 5.74) is 6.36. The first kappa shape index (κ1) is 14.4. The lowest BCUT2D eigenvalue weighted by molar-refractivity contribution is -0.128. The molecule has 0 aliphatic heterocycles. The third-order valence-electron chi connectivity index (χ3n) is 6.38. The van der Waals surface area contributed by atoms with E-state index >= 15 is 0 Å². The Hall–Kier alpha value is -0.570. The largest absolute Gasteiger partial charge is 0.352 e. The number of nitrogens with one attached hydrogen (secondary N) is 1. The predicted octanol–water partition coefficient (Wildman–Crippen LogP) is 2.69. The molecule has 2 unspecified atom stereocenters. The zero-order chi connectivity index (χ0) is 14.5. The van der Waals surface area contributed by atoms with Gasteiger partial charge >= 0.3 is 0 Å². The lowest BCUT2D eigenvalue weighted by Crippen LogP contribution is -2.58. The van der Waals surface area contributed by atoms with E-state index in [1.165, 1.54) is 38.5 Å². The van der Waals surface area contributed by atoms with Crippen molar-refractivity contribution < 1.29 is 4.79 Å². The molecule has 0 spiro atoms. The third kappa shape index (κ3) is 2.38. The molecule has 4 saturated carbocycles. The van der Waals surface area contributed by atoms with E-state index in [4.69, 9.17) is 5.73 Å². The molecule has 4 aliphatic rings. The van der Waals surface area contributed by atoms with Crippen molar-refractivity contribution in [1.29, 1.82) is 0 Å². The highest BCUT2D eigenvalue weighted by atomic mass is 16.2. The van der Waals surface area contributed by atoms with Crippen molar-refractivity contribution in [1.82, 2.24) is 5.32 Å². The fourth-order valence-electron chi connectivity index (χ4n) is 5.47. The number of hydrogen-bond donors (Lipinski definition) is 2. The van der Waals surface area contributed by atoms with Crippen LogP contribution in [0.15, 0.2) is 0 Å². The molecule has 114 valence electrons. The van der Waals surface area contributed by atoms with Crippen molar-refractivity contribution in [3.63, 3.8) is 0 Å². The van der Waals surface area contributed by atoms with Gasteiger partial charge in [0.05, 0.1) is 6.04 Å². The van der Waals surface area contributed by atoms with Crippen molar-refractivity contribution in [2.24, 2.45) is 34.8 Å². The van der Waals surface area contributed by atoms with Crippen LogP contribution in [0.1, 0.15) is 59.3 Å².